The van der Waals surface area contributed by atoms with Crippen molar-refractivity contribution >= 4 is 88.3 Å². The molecular formula is C67H50ClN3Si2. The first-order valence-corrected chi connectivity index (χ1v) is 31.7. The molecule has 0 bridgehead atoms. The van der Waals surface area contributed by atoms with Gasteiger partial charge in [0.05, 0.1) is 56.5 Å². The quantitative estimate of drug-likeness (QED) is 0.129. The van der Waals surface area contributed by atoms with E-state index in [1.54, 1.807) is 0 Å². The molecule has 4 heterocycles. The molecule has 0 saturated carbocycles. The monoisotopic (exact) mass is 987 g/mol. The lowest BCUT2D eigenvalue weighted by atomic mass is 9.62. The number of hydrogen-bond donors (Lipinski definition) is 0. The van der Waals surface area contributed by atoms with Gasteiger partial charge in [-0.05, 0) is 113 Å². The normalized spacial score (nSPS) is 16.1. The predicted octanol–water partition coefficient (Wildman–Crippen LogP) is 15.2. The Labute approximate surface area is 435 Å². The van der Waals surface area contributed by atoms with Crippen LogP contribution in [0.3, 0.4) is 0 Å². The van der Waals surface area contributed by atoms with E-state index in [9.17, 15) is 0 Å². The van der Waals surface area contributed by atoms with Gasteiger partial charge in [0.15, 0.2) is 5.69 Å². The fourth-order valence-corrected chi connectivity index (χ4v) is 20.8. The Morgan fingerprint density at radius 2 is 0.630 bits per heavy atom. The topological polar surface area (TPSA) is 10.8 Å². The maximum absolute atomic E-state index is 8.46. The van der Waals surface area contributed by atoms with Crippen molar-refractivity contribution in [2.45, 2.75) is 37.0 Å². The van der Waals surface area contributed by atoms with Crippen molar-refractivity contribution < 1.29 is 0 Å². The smallest absolute Gasteiger partial charge is 0.194 e. The number of halogens is 1. The summed E-state index contributed by atoms with van der Waals surface area (Å²) < 4.78 is 0. The third kappa shape index (κ3) is 5.64. The van der Waals surface area contributed by atoms with E-state index in [2.05, 4.69) is 253 Å². The minimum absolute atomic E-state index is 0.586. The van der Waals surface area contributed by atoms with Crippen LogP contribution in [0.15, 0.2) is 231 Å². The maximum atomic E-state index is 8.46. The number of para-hydroxylation sites is 5. The van der Waals surface area contributed by atoms with Gasteiger partial charge in [-0.15, -0.1) is 0 Å². The van der Waals surface area contributed by atoms with Crippen LogP contribution in [-0.4, -0.2) is 16.1 Å². The molecule has 10 aromatic rings. The van der Waals surface area contributed by atoms with Gasteiger partial charge < -0.3 is 9.80 Å². The lowest BCUT2D eigenvalue weighted by Crippen LogP contribution is -2.64. The zero-order valence-corrected chi connectivity index (χ0v) is 43.9. The van der Waals surface area contributed by atoms with Gasteiger partial charge >= 0.3 is 0 Å². The van der Waals surface area contributed by atoms with Crippen LogP contribution >= 0.6 is 11.6 Å². The fourth-order valence-electron chi connectivity index (χ4n) is 14.1. The van der Waals surface area contributed by atoms with Crippen molar-refractivity contribution in [2.75, 3.05) is 9.80 Å². The van der Waals surface area contributed by atoms with E-state index >= 15 is 0 Å². The number of anilines is 6. The molecule has 0 N–H and O–H groups in total. The lowest BCUT2D eigenvalue weighted by Gasteiger charge is -2.52. The van der Waals surface area contributed by atoms with Gasteiger partial charge in [-0.1, -0.05) is 232 Å². The minimum Gasteiger partial charge on any atom is -0.308 e. The van der Waals surface area contributed by atoms with Gasteiger partial charge in [0.1, 0.15) is 16.1 Å². The van der Waals surface area contributed by atoms with E-state index in [0.29, 0.717) is 10.7 Å². The van der Waals surface area contributed by atoms with Crippen LogP contribution in [0.25, 0.3) is 16.0 Å². The van der Waals surface area contributed by atoms with Gasteiger partial charge in [-0.3, -0.25) is 0 Å². The Morgan fingerprint density at radius 1 is 0.356 bits per heavy atom. The van der Waals surface area contributed by atoms with Crippen LogP contribution in [0.1, 0.15) is 44.5 Å². The van der Waals surface area contributed by atoms with Crippen LogP contribution in [0.4, 0.5) is 39.8 Å². The largest absolute Gasteiger partial charge is 0.308 e. The maximum Gasteiger partial charge on any atom is 0.194 e. The van der Waals surface area contributed by atoms with Crippen LogP contribution in [0.5, 0.6) is 0 Å². The summed E-state index contributed by atoms with van der Waals surface area (Å²) in [4.78, 5) is 8.95. The highest BCUT2D eigenvalue weighted by molar-refractivity contribution is 7.02. The Hall–Kier alpha value is -7.99. The number of hydrogen-bond acceptors (Lipinski definition) is 2. The SMILES string of the molecule is [C-]#[N+]c1ccccc1-c1cc(N2c3ccccc3C3(c4ccccc42)c2ccccc2[Si](C)(C)c2ccccc23)c(Cl)c(N2c3ccccc3C3(c4ccccc42)c2ccccc2[Si](C)(C)c2ccccc23)c1. The lowest BCUT2D eigenvalue weighted by molar-refractivity contribution is 0.734. The van der Waals surface area contributed by atoms with Crippen molar-refractivity contribution in [2.24, 2.45) is 0 Å². The van der Waals surface area contributed by atoms with Crippen molar-refractivity contribution in [1.29, 1.82) is 0 Å². The summed E-state index contributed by atoms with van der Waals surface area (Å²) in [5.41, 5.74) is 17.3. The highest BCUT2D eigenvalue weighted by Gasteiger charge is 2.56. The molecule has 6 heteroatoms. The summed E-state index contributed by atoms with van der Waals surface area (Å²) in [6.07, 6.45) is 0. The van der Waals surface area contributed by atoms with Crippen LogP contribution < -0.4 is 30.5 Å². The average Bonchev–Trinajstić information content (AvgIpc) is 3.45. The second kappa shape index (κ2) is 15.8. The molecule has 0 amide bonds. The van der Waals surface area contributed by atoms with E-state index in [-0.39, 0.29) is 0 Å². The molecule has 0 unspecified atom stereocenters. The standard InChI is InChI=1S/C67H50ClN3Si2/c1-69-54-33-15-6-24-45(54)44-42-59(70-55-34-16-7-25-46(55)66(47-26-8-17-35-56(47)70)50-29-11-20-38-61(50)72(2,3)62-39-21-12-30-51(62)66)65(68)60(43-44)71-57-36-18-9-27-48(57)67(49-28-10-19-37-58(49)71)52-31-13-22-40-63(52)73(4,5)64-41-23-14-32-53(64)67/h6-43H,2-5H3. The second-order valence-corrected chi connectivity index (χ2v) is 30.2. The Bertz CT molecular complexity index is 3590. The average molecular weight is 989 g/mol. The van der Waals surface area contributed by atoms with Crippen molar-refractivity contribution in [3.05, 3.63) is 291 Å². The summed E-state index contributed by atoms with van der Waals surface area (Å²) in [7, 11) is -4.27. The predicted molar refractivity (Wildman–Crippen MR) is 310 cm³/mol. The molecule has 0 aliphatic carbocycles. The Kier molecular flexibility index (Phi) is 9.45. The number of nitrogens with zero attached hydrogens (tertiary/aromatic N) is 3. The Morgan fingerprint density at radius 3 is 0.959 bits per heavy atom. The van der Waals surface area contributed by atoms with E-state index < -0.39 is 27.0 Å². The van der Waals surface area contributed by atoms with E-state index in [4.69, 9.17) is 18.2 Å². The third-order valence-electron chi connectivity index (χ3n) is 17.1. The van der Waals surface area contributed by atoms with E-state index in [0.717, 1.165) is 45.3 Å². The van der Waals surface area contributed by atoms with Crippen LogP contribution in [0, 0.1) is 6.57 Å². The number of fused-ring (bicyclic) bond motifs is 16. The summed E-state index contributed by atoms with van der Waals surface area (Å²) in [6, 6.07) is 85.4. The molecular weight excluding hydrogens is 938 g/mol. The molecule has 348 valence electrons. The molecule has 4 aliphatic rings. The molecule has 0 saturated heterocycles. The fraction of sp³-hybridized carbons (Fsp3) is 0.0896. The van der Waals surface area contributed by atoms with E-state index in [1.807, 2.05) is 18.2 Å². The van der Waals surface area contributed by atoms with Gasteiger partial charge in [-0.25, -0.2) is 4.85 Å². The summed E-state index contributed by atoms with van der Waals surface area (Å²) in [5.74, 6) is 0. The molecule has 3 nitrogen and oxygen atoms in total. The zero-order valence-electron chi connectivity index (χ0n) is 41.2. The molecule has 2 spiro atoms. The highest BCUT2D eigenvalue weighted by atomic mass is 35.5. The first-order chi connectivity index (χ1) is 35.6. The van der Waals surface area contributed by atoms with Crippen molar-refractivity contribution in [3.63, 3.8) is 0 Å². The third-order valence-corrected chi connectivity index (χ3v) is 24.6. The first-order valence-electron chi connectivity index (χ1n) is 25.3. The van der Waals surface area contributed by atoms with Crippen molar-refractivity contribution in [3.8, 4) is 11.1 Å². The molecule has 4 aliphatic heterocycles. The van der Waals surface area contributed by atoms with Gasteiger partial charge in [-0.2, -0.15) is 0 Å². The number of rotatable bonds is 3. The summed E-state index contributed by atoms with van der Waals surface area (Å²) in [5, 5.41) is 6.44. The molecule has 0 aromatic heterocycles. The second-order valence-electron chi connectivity index (χ2n) is 21.1. The van der Waals surface area contributed by atoms with Crippen LogP contribution in [0.2, 0.25) is 31.2 Å². The van der Waals surface area contributed by atoms with Crippen molar-refractivity contribution in [1.82, 2.24) is 0 Å². The summed E-state index contributed by atoms with van der Waals surface area (Å²) in [6.45, 7) is 18.5. The number of benzene rings is 10. The molecule has 0 radical (unpaired) electrons. The molecule has 0 fully saturated rings. The van der Waals surface area contributed by atoms with Gasteiger partial charge in [0, 0.05) is 0 Å². The molecule has 0 atom stereocenters. The summed E-state index contributed by atoms with van der Waals surface area (Å²) >= 11 is 8.40. The molecule has 14 rings (SSSR count). The van der Waals surface area contributed by atoms with E-state index in [1.165, 1.54) is 65.3 Å². The molecule has 73 heavy (non-hydrogen) atoms. The first kappa shape index (κ1) is 43.8. The Balaban J connectivity index is 1.08. The van der Waals surface area contributed by atoms with Crippen LogP contribution in [-0.2, 0) is 10.8 Å². The minimum atomic E-state index is -2.14. The van der Waals surface area contributed by atoms with Gasteiger partial charge in [0.25, 0.3) is 0 Å². The van der Waals surface area contributed by atoms with Gasteiger partial charge in [0.2, 0.25) is 0 Å². The highest BCUT2D eigenvalue weighted by Crippen LogP contribution is 2.63. The zero-order chi connectivity index (χ0) is 49.4. The molecule has 10 aromatic carbocycles.